The standard InChI is InChI=1S/C48H93NO5/c1-3-5-7-9-11-13-15-17-22-26-30-34-38-42-48(53)54-43-39-35-31-27-23-19-16-18-21-25-29-33-37-41-47(52)49-45(44-50)46(51)40-36-32-28-24-20-14-12-10-8-6-4-2/h13,15,45-46,50-51H,3-12,14,16-44H2,1-2H3,(H,49,52)/b15-13-. The van der Waals surface area contributed by atoms with Crippen LogP contribution in [0.1, 0.15) is 258 Å². The smallest absolute Gasteiger partial charge is 0.305 e. The number of carbonyl (C=O) groups excluding carboxylic acids is 2. The number of allylic oxidation sites excluding steroid dienone is 2. The average molecular weight is 764 g/mol. The molecule has 0 spiro atoms. The minimum absolute atomic E-state index is 0.0150. The first-order chi connectivity index (χ1) is 26.5. The summed E-state index contributed by atoms with van der Waals surface area (Å²) < 4.78 is 5.44. The van der Waals surface area contributed by atoms with E-state index in [1.807, 2.05) is 0 Å². The Bertz CT molecular complexity index is 802. The van der Waals surface area contributed by atoms with Gasteiger partial charge in [0.1, 0.15) is 0 Å². The Morgan fingerprint density at radius 3 is 1.33 bits per heavy atom. The molecule has 1 amide bonds. The summed E-state index contributed by atoms with van der Waals surface area (Å²) in [4.78, 5) is 24.4. The third-order valence-corrected chi connectivity index (χ3v) is 11.1. The average Bonchev–Trinajstić information content (AvgIpc) is 3.17. The zero-order valence-corrected chi connectivity index (χ0v) is 36.2. The maximum Gasteiger partial charge on any atom is 0.305 e. The minimum Gasteiger partial charge on any atom is -0.466 e. The molecule has 2 atom stereocenters. The SMILES string of the molecule is CCCCCC/C=C\CCCCCCCC(=O)OCCCCCCCCCCCCCCCC(=O)NC(CO)C(O)CCCCCCCCCCCCC. The quantitative estimate of drug-likeness (QED) is 0.0326. The fourth-order valence-corrected chi connectivity index (χ4v) is 7.34. The van der Waals surface area contributed by atoms with E-state index >= 15 is 0 Å². The van der Waals surface area contributed by atoms with Crippen LogP contribution in [-0.2, 0) is 14.3 Å². The van der Waals surface area contributed by atoms with Crippen molar-refractivity contribution in [1.29, 1.82) is 0 Å². The number of amides is 1. The van der Waals surface area contributed by atoms with E-state index in [-0.39, 0.29) is 18.5 Å². The van der Waals surface area contributed by atoms with Crippen LogP contribution in [0.15, 0.2) is 12.2 Å². The molecule has 0 aliphatic rings. The van der Waals surface area contributed by atoms with Crippen LogP contribution in [0.2, 0.25) is 0 Å². The molecule has 2 unspecified atom stereocenters. The molecule has 0 saturated heterocycles. The highest BCUT2D eigenvalue weighted by Gasteiger charge is 2.20. The lowest BCUT2D eigenvalue weighted by Gasteiger charge is -2.22. The topological polar surface area (TPSA) is 95.9 Å². The van der Waals surface area contributed by atoms with Crippen LogP contribution < -0.4 is 5.32 Å². The normalized spacial score (nSPS) is 12.7. The fourth-order valence-electron chi connectivity index (χ4n) is 7.34. The second kappa shape index (κ2) is 44.3. The fraction of sp³-hybridized carbons (Fsp3) is 0.917. The van der Waals surface area contributed by atoms with Crippen LogP contribution in [0.25, 0.3) is 0 Å². The molecule has 54 heavy (non-hydrogen) atoms. The Labute approximate surface area is 336 Å². The Morgan fingerprint density at radius 2 is 0.870 bits per heavy atom. The first-order valence-electron chi connectivity index (χ1n) is 23.9. The lowest BCUT2D eigenvalue weighted by atomic mass is 10.0. The third-order valence-electron chi connectivity index (χ3n) is 11.1. The van der Waals surface area contributed by atoms with E-state index in [0.717, 1.165) is 51.4 Å². The number of rotatable bonds is 44. The molecule has 0 heterocycles. The van der Waals surface area contributed by atoms with E-state index in [1.165, 1.54) is 173 Å². The van der Waals surface area contributed by atoms with Gasteiger partial charge in [-0.05, 0) is 51.4 Å². The molecular weight excluding hydrogens is 671 g/mol. The molecule has 0 bridgehead atoms. The lowest BCUT2D eigenvalue weighted by molar-refractivity contribution is -0.143. The van der Waals surface area contributed by atoms with Crippen LogP contribution in [0.3, 0.4) is 0 Å². The molecule has 0 aromatic carbocycles. The Kier molecular flexibility index (Phi) is 43.2. The van der Waals surface area contributed by atoms with Gasteiger partial charge in [-0.15, -0.1) is 0 Å². The number of unbranched alkanes of at least 4 members (excludes halogenated alkanes) is 31. The van der Waals surface area contributed by atoms with Crippen molar-refractivity contribution in [1.82, 2.24) is 5.32 Å². The Balaban J connectivity index is 3.45. The Hall–Kier alpha value is -1.40. The van der Waals surface area contributed by atoms with Gasteiger partial charge in [0.2, 0.25) is 5.91 Å². The van der Waals surface area contributed by atoms with Crippen LogP contribution >= 0.6 is 0 Å². The summed E-state index contributed by atoms with van der Waals surface area (Å²) >= 11 is 0. The van der Waals surface area contributed by atoms with E-state index in [9.17, 15) is 19.8 Å². The molecule has 0 fully saturated rings. The molecule has 3 N–H and O–H groups in total. The highest BCUT2D eigenvalue weighted by Crippen LogP contribution is 2.16. The molecule has 0 radical (unpaired) electrons. The highest BCUT2D eigenvalue weighted by atomic mass is 16.5. The van der Waals surface area contributed by atoms with Crippen molar-refractivity contribution in [2.75, 3.05) is 13.2 Å². The number of aliphatic hydroxyl groups is 2. The van der Waals surface area contributed by atoms with E-state index in [0.29, 0.717) is 25.9 Å². The van der Waals surface area contributed by atoms with Gasteiger partial charge >= 0.3 is 5.97 Å². The van der Waals surface area contributed by atoms with Gasteiger partial charge in [-0.25, -0.2) is 0 Å². The van der Waals surface area contributed by atoms with Gasteiger partial charge in [0.15, 0.2) is 0 Å². The van der Waals surface area contributed by atoms with Crippen molar-refractivity contribution in [3.63, 3.8) is 0 Å². The van der Waals surface area contributed by atoms with E-state index in [4.69, 9.17) is 4.74 Å². The summed E-state index contributed by atoms with van der Waals surface area (Å²) in [5.74, 6) is -0.0643. The zero-order valence-electron chi connectivity index (χ0n) is 36.2. The summed E-state index contributed by atoms with van der Waals surface area (Å²) in [7, 11) is 0. The first-order valence-corrected chi connectivity index (χ1v) is 23.9. The Morgan fingerprint density at radius 1 is 0.500 bits per heavy atom. The molecule has 0 rings (SSSR count). The summed E-state index contributed by atoms with van der Waals surface area (Å²) in [6.07, 6.45) is 48.8. The number of hydrogen-bond donors (Lipinski definition) is 3. The number of carbonyl (C=O) groups is 2. The molecule has 0 saturated carbocycles. The van der Waals surface area contributed by atoms with Gasteiger partial charge < -0.3 is 20.3 Å². The van der Waals surface area contributed by atoms with Crippen LogP contribution in [0.5, 0.6) is 0 Å². The van der Waals surface area contributed by atoms with Crippen molar-refractivity contribution in [3.05, 3.63) is 12.2 Å². The van der Waals surface area contributed by atoms with Crippen LogP contribution in [0, 0.1) is 0 Å². The third kappa shape index (κ3) is 40.3. The molecule has 0 aromatic heterocycles. The number of nitrogens with one attached hydrogen (secondary N) is 1. The maximum absolute atomic E-state index is 12.4. The molecule has 6 nitrogen and oxygen atoms in total. The maximum atomic E-state index is 12.4. The van der Waals surface area contributed by atoms with Gasteiger partial charge in [0.25, 0.3) is 0 Å². The van der Waals surface area contributed by atoms with Gasteiger partial charge in [0, 0.05) is 12.8 Å². The molecular formula is C48H93NO5. The number of esters is 1. The second-order valence-corrected chi connectivity index (χ2v) is 16.4. The highest BCUT2D eigenvalue weighted by molar-refractivity contribution is 5.76. The van der Waals surface area contributed by atoms with Crippen molar-refractivity contribution < 1.29 is 24.5 Å². The number of hydrogen-bond acceptors (Lipinski definition) is 5. The largest absolute Gasteiger partial charge is 0.466 e. The summed E-state index contributed by atoms with van der Waals surface area (Å²) in [5.41, 5.74) is 0. The predicted molar refractivity (Wildman–Crippen MR) is 232 cm³/mol. The van der Waals surface area contributed by atoms with Gasteiger partial charge in [-0.2, -0.15) is 0 Å². The van der Waals surface area contributed by atoms with E-state index in [2.05, 4.69) is 31.3 Å². The van der Waals surface area contributed by atoms with Crippen molar-refractivity contribution >= 4 is 11.9 Å². The van der Waals surface area contributed by atoms with Crippen LogP contribution in [-0.4, -0.2) is 47.4 Å². The summed E-state index contributed by atoms with van der Waals surface area (Å²) in [5, 5.41) is 23.1. The molecule has 0 aromatic rings. The molecule has 0 aliphatic carbocycles. The van der Waals surface area contributed by atoms with Gasteiger partial charge in [-0.1, -0.05) is 206 Å². The van der Waals surface area contributed by atoms with Crippen molar-refractivity contribution in [2.24, 2.45) is 0 Å². The molecule has 6 heteroatoms. The molecule has 0 aliphatic heterocycles. The lowest BCUT2D eigenvalue weighted by Crippen LogP contribution is -2.45. The van der Waals surface area contributed by atoms with Gasteiger partial charge in [0.05, 0.1) is 25.4 Å². The number of aliphatic hydroxyl groups excluding tert-OH is 2. The summed E-state index contributed by atoms with van der Waals surface area (Å²) in [6, 6.07) is -0.549. The van der Waals surface area contributed by atoms with Gasteiger partial charge in [-0.3, -0.25) is 9.59 Å². The minimum atomic E-state index is -0.670. The second-order valence-electron chi connectivity index (χ2n) is 16.4. The summed E-state index contributed by atoms with van der Waals surface area (Å²) in [6.45, 7) is 4.89. The van der Waals surface area contributed by atoms with E-state index in [1.54, 1.807) is 0 Å². The van der Waals surface area contributed by atoms with Crippen molar-refractivity contribution in [3.8, 4) is 0 Å². The first kappa shape index (κ1) is 52.6. The van der Waals surface area contributed by atoms with E-state index < -0.39 is 12.1 Å². The monoisotopic (exact) mass is 764 g/mol. The number of ether oxygens (including phenoxy) is 1. The molecule has 320 valence electrons. The van der Waals surface area contributed by atoms with Crippen LogP contribution in [0.4, 0.5) is 0 Å². The van der Waals surface area contributed by atoms with Crippen molar-refractivity contribution in [2.45, 2.75) is 270 Å². The zero-order chi connectivity index (χ0) is 39.4. The predicted octanol–water partition coefficient (Wildman–Crippen LogP) is 13.8.